The van der Waals surface area contributed by atoms with Crippen LogP contribution in [0.4, 0.5) is 4.39 Å². The molecule has 0 aromatic heterocycles. The summed E-state index contributed by atoms with van der Waals surface area (Å²) in [7, 11) is 0. The molecule has 0 unspecified atom stereocenters. The summed E-state index contributed by atoms with van der Waals surface area (Å²) < 4.78 is 23.4. The summed E-state index contributed by atoms with van der Waals surface area (Å²) in [6.45, 7) is 1.32. The number of aliphatic hydroxyl groups is 1. The monoisotopic (exact) mass is 246 g/mol. The topological polar surface area (TPSA) is 38.7 Å². The molecule has 0 amide bonds. The molecule has 0 radical (unpaired) electrons. The fourth-order valence-electron chi connectivity index (χ4n) is 1.41. The molecule has 16 heavy (non-hydrogen) atoms. The Morgan fingerprint density at radius 3 is 2.75 bits per heavy atom. The molecule has 0 bridgehead atoms. The maximum atomic E-state index is 12.9. The lowest BCUT2D eigenvalue weighted by atomic mass is 9.88. The van der Waals surface area contributed by atoms with Gasteiger partial charge in [0.2, 0.25) is 0 Å². The highest BCUT2D eigenvalue weighted by Crippen LogP contribution is 2.29. The first-order chi connectivity index (χ1) is 7.65. The minimum Gasteiger partial charge on any atom is -0.493 e. The third kappa shape index (κ3) is 2.29. The molecule has 88 valence electrons. The number of rotatable bonds is 4. The second-order valence-corrected chi connectivity index (χ2v) is 4.42. The van der Waals surface area contributed by atoms with Crippen molar-refractivity contribution < 1.29 is 19.0 Å². The highest BCUT2D eigenvalue weighted by molar-refractivity contribution is 6.30. The Morgan fingerprint density at radius 1 is 1.50 bits per heavy atom. The van der Waals surface area contributed by atoms with Gasteiger partial charge in [0, 0.05) is 6.07 Å². The zero-order valence-corrected chi connectivity index (χ0v) is 9.34. The van der Waals surface area contributed by atoms with Gasteiger partial charge in [-0.15, -0.1) is 0 Å². The molecule has 2 rings (SSSR count). The van der Waals surface area contributed by atoms with E-state index in [9.17, 15) is 4.39 Å². The zero-order chi connectivity index (χ0) is 11.6. The van der Waals surface area contributed by atoms with Gasteiger partial charge in [-0.3, -0.25) is 0 Å². The lowest BCUT2D eigenvalue weighted by Crippen LogP contribution is -2.49. The highest BCUT2D eigenvalue weighted by atomic mass is 35.5. The van der Waals surface area contributed by atoms with Crippen molar-refractivity contribution in [3.8, 4) is 5.75 Å². The van der Waals surface area contributed by atoms with Crippen molar-refractivity contribution in [3.05, 3.63) is 29.0 Å². The number of hydrogen-bond donors (Lipinski definition) is 1. The van der Waals surface area contributed by atoms with E-state index in [4.69, 9.17) is 26.2 Å². The summed E-state index contributed by atoms with van der Waals surface area (Å²) in [6, 6.07) is 4.17. The van der Waals surface area contributed by atoms with Gasteiger partial charge >= 0.3 is 0 Å². The molecule has 0 saturated carbocycles. The predicted octanol–water partition coefficient (Wildman–Crippen LogP) is 1.87. The molecular formula is C11H12ClFO3. The first kappa shape index (κ1) is 11.6. The van der Waals surface area contributed by atoms with Crippen LogP contribution in [0.5, 0.6) is 5.75 Å². The molecule has 0 spiro atoms. The third-order valence-electron chi connectivity index (χ3n) is 2.59. The molecule has 0 aliphatic carbocycles. The minimum atomic E-state index is -0.474. The highest BCUT2D eigenvalue weighted by Gasteiger charge is 2.39. The van der Waals surface area contributed by atoms with Crippen molar-refractivity contribution in [2.24, 2.45) is 5.41 Å². The first-order valence-corrected chi connectivity index (χ1v) is 5.29. The molecule has 1 aromatic carbocycles. The fourth-order valence-corrected chi connectivity index (χ4v) is 1.58. The van der Waals surface area contributed by atoms with E-state index in [1.807, 2.05) is 0 Å². The van der Waals surface area contributed by atoms with Crippen LogP contribution in [0.15, 0.2) is 18.2 Å². The van der Waals surface area contributed by atoms with E-state index < -0.39 is 5.82 Å². The van der Waals surface area contributed by atoms with Gasteiger partial charge in [-0.25, -0.2) is 4.39 Å². The van der Waals surface area contributed by atoms with Crippen molar-refractivity contribution >= 4 is 11.6 Å². The van der Waals surface area contributed by atoms with Crippen molar-refractivity contribution in [2.75, 3.05) is 26.4 Å². The van der Waals surface area contributed by atoms with Crippen LogP contribution in [-0.2, 0) is 4.74 Å². The van der Waals surface area contributed by atoms with E-state index in [-0.39, 0.29) is 17.0 Å². The Bertz CT molecular complexity index is 374. The van der Waals surface area contributed by atoms with Crippen molar-refractivity contribution in [3.63, 3.8) is 0 Å². The molecule has 1 fully saturated rings. The van der Waals surface area contributed by atoms with Crippen molar-refractivity contribution in [2.45, 2.75) is 0 Å². The number of hydrogen-bond acceptors (Lipinski definition) is 3. The van der Waals surface area contributed by atoms with E-state index >= 15 is 0 Å². The molecule has 3 nitrogen and oxygen atoms in total. The van der Waals surface area contributed by atoms with E-state index in [1.54, 1.807) is 0 Å². The van der Waals surface area contributed by atoms with Crippen LogP contribution in [0.25, 0.3) is 0 Å². The van der Waals surface area contributed by atoms with Gasteiger partial charge in [0.15, 0.2) is 0 Å². The summed E-state index contributed by atoms with van der Waals surface area (Å²) in [5.74, 6) is 0.0176. The minimum absolute atomic E-state index is 0.0158. The van der Waals surface area contributed by atoms with Gasteiger partial charge in [-0.1, -0.05) is 11.6 Å². The predicted molar refractivity (Wildman–Crippen MR) is 57.2 cm³/mol. The van der Waals surface area contributed by atoms with Crippen LogP contribution < -0.4 is 4.74 Å². The number of halogens is 2. The Balaban J connectivity index is 1.96. The van der Waals surface area contributed by atoms with Crippen LogP contribution in [-0.4, -0.2) is 31.5 Å². The number of ether oxygens (including phenoxy) is 2. The van der Waals surface area contributed by atoms with Gasteiger partial charge in [0.25, 0.3) is 0 Å². The number of aliphatic hydroxyl groups excluding tert-OH is 1. The molecule has 1 aliphatic heterocycles. The lowest BCUT2D eigenvalue weighted by molar-refractivity contribution is -0.153. The Morgan fingerprint density at radius 2 is 2.25 bits per heavy atom. The Labute approximate surface area is 97.7 Å². The Kier molecular flexibility index (Phi) is 3.33. The second kappa shape index (κ2) is 4.57. The van der Waals surface area contributed by atoms with Gasteiger partial charge in [0.1, 0.15) is 18.2 Å². The Hall–Kier alpha value is -0.840. The van der Waals surface area contributed by atoms with Crippen LogP contribution in [0.3, 0.4) is 0 Å². The van der Waals surface area contributed by atoms with E-state index in [2.05, 4.69) is 0 Å². The standard InChI is InChI=1S/C11H12ClFO3/c12-9-3-8(1-2-10(9)13)16-7-11(4-14)5-15-6-11/h1-3,14H,4-7H2. The molecule has 5 heteroatoms. The summed E-state index contributed by atoms with van der Waals surface area (Å²) >= 11 is 5.62. The van der Waals surface area contributed by atoms with Crippen LogP contribution >= 0.6 is 11.6 Å². The van der Waals surface area contributed by atoms with E-state index in [0.717, 1.165) is 0 Å². The summed E-state index contributed by atoms with van der Waals surface area (Å²) in [5.41, 5.74) is -0.319. The molecule has 1 aromatic rings. The second-order valence-electron chi connectivity index (χ2n) is 4.02. The smallest absolute Gasteiger partial charge is 0.142 e. The van der Waals surface area contributed by atoms with Crippen molar-refractivity contribution in [1.29, 1.82) is 0 Å². The molecule has 0 atom stereocenters. The van der Waals surface area contributed by atoms with Crippen molar-refractivity contribution in [1.82, 2.24) is 0 Å². The maximum absolute atomic E-state index is 12.9. The third-order valence-corrected chi connectivity index (χ3v) is 2.88. The SMILES string of the molecule is OCC1(COc2ccc(F)c(Cl)c2)COC1. The molecule has 1 aliphatic rings. The van der Waals surface area contributed by atoms with Crippen LogP contribution in [0.2, 0.25) is 5.02 Å². The average Bonchev–Trinajstić information content (AvgIpc) is 2.22. The lowest BCUT2D eigenvalue weighted by Gasteiger charge is -2.39. The van der Waals surface area contributed by atoms with Crippen LogP contribution in [0, 0.1) is 11.2 Å². The van der Waals surface area contributed by atoms with E-state index in [1.165, 1.54) is 18.2 Å². The van der Waals surface area contributed by atoms with Gasteiger partial charge in [-0.2, -0.15) is 0 Å². The summed E-state index contributed by atoms with van der Waals surface area (Å²) in [6.07, 6.45) is 0. The van der Waals surface area contributed by atoms with Gasteiger partial charge in [0.05, 0.1) is 30.3 Å². The molecule has 1 heterocycles. The van der Waals surface area contributed by atoms with Gasteiger partial charge in [-0.05, 0) is 12.1 Å². The zero-order valence-electron chi connectivity index (χ0n) is 8.58. The first-order valence-electron chi connectivity index (χ1n) is 4.92. The average molecular weight is 247 g/mol. The molecule has 1 saturated heterocycles. The number of benzene rings is 1. The normalized spacial score (nSPS) is 17.9. The summed E-state index contributed by atoms with van der Waals surface area (Å²) in [4.78, 5) is 0. The molecule has 1 N–H and O–H groups in total. The van der Waals surface area contributed by atoms with Crippen LogP contribution in [0.1, 0.15) is 0 Å². The van der Waals surface area contributed by atoms with E-state index in [0.29, 0.717) is 25.6 Å². The fraction of sp³-hybridized carbons (Fsp3) is 0.455. The molecular weight excluding hydrogens is 235 g/mol. The van der Waals surface area contributed by atoms with Gasteiger partial charge < -0.3 is 14.6 Å². The largest absolute Gasteiger partial charge is 0.493 e. The maximum Gasteiger partial charge on any atom is 0.142 e. The summed E-state index contributed by atoms with van der Waals surface area (Å²) in [5, 5.41) is 9.20. The quantitative estimate of drug-likeness (QED) is 0.882.